The minimum Gasteiger partial charge on any atom is -0.393 e. The quantitative estimate of drug-likeness (QED) is 0.838. The summed E-state index contributed by atoms with van der Waals surface area (Å²) in [4.78, 5) is 14.2. The normalized spacial score (nSPS) is 31.8. The van der Waals surface area contributed by atoms with E-state index in [-0.39, 0.29) is 17.7 Å². The van der Waals surface area contributed by atoms with Gasteiger partial charge in [0.25, 0.3) is 0 Å². The molecule has 128 valence electrons. The topological polar surface area (TPSA) is 61.8 Å². The van der Waals surface area contributed by atoms with Crippen LogP contribution >= 0.6 is 0 Å². The molecule has 5 nitrogen and oxygen atoms in total. The number of likely N-dealkylation sites (tertiary alicyclic amines) is 1. The molecule has 1 aliphatic heterocycles. The van der Waals surface area contributed by atoms with Gasteiger partial charge in [0.1, 0.15) is 0 Å². The van der Waals surface area contributed by atoms with Crippen LogP contribution in [0.5, 0.6) is 0 Å². The molecule has 5 heteroatoms. The molecule has 1 aliphatic carbocycles. The van der Waals surface area contributed by atoms with Gasteiger partial charge in [-0.05, 0) is 57.3 Å². The Bertz CT molecular complexity index is 357. The Hall–Kier alpha value is -0.810. The molecule has 0 aromatic carbocycles. The highest BCUT2D eigenvalue weighted by Gasteiger charge is 2.35. The summed E-state index contributed by atoms with van der Waals surface area (Å²) < 4.78 is 5.75. The van der Waals surface area contributed by atoms with E-state index >= 15 is 0 Å². The Kier molecular flexibility index (Phi) is 6.09. The molecule has 1 heterocycles. The number of aliphatic hydroxyl groups is 1. The fourth-order valence-corrected chi connectivity index (χ4v) is 3.67. The minimum absolute atomic E-state index is 0.0130. The third-order valence-electron chi connectivity index (χ3n) is 5.69. The number of hydrogen-bond acceptors (Lipinski definition) is 3. The standard InChI is InChI=1S/C17H32N2O3/c1-13-4-8-17(22-3,9-5-13)12-18-16(21)19-10-6-15(7-11-19)14(2)20/h13-15,20H,4-12H2,1-3H3,(H,18,21). The zero-order valence-electron chi connectivity index (χ0n) is 14.3. The molecule has 0 aromatic rings. The first kappa shape index (κ1) is 17.5. The maximum Gasteiger partial charge on any atom is 0.317 e. The summed E-state index contributed by atoms with van der Waals surface area (Å²) in [5, 5.41) is 12.7. The summed E-state index contributed by atoms with van der Waals surface area (Å²) in [7, 11) is 1.76. The van der Waals surface area contributed by atoms with Crippen LogP contribution in [0.4, 0.5) is 4.79 Å². The largest absolute Gasteiger partial charge is 0.393 e. The van der Waals surface area contributed by atoms with Gasteiger partial charge < -0.3 is 20.1 Å². The number of nitrogens with one attached hydrogen (secondary N) is 1. The summed E-state index contributed by atoms with van der Waals surface area (Å²) in [5.41, 5.74) is -0.180. The Morgan fingerprint density at radius 3 is 2.41 bits per heavy atom. The second-order valence-electron chi connectivity index (χ2n) is 7.29. The molecule has 0 radical (unpaired) electrons. The second-order valence-corrected chi connectivity index (χ2v) is 7.29. The van der Waals surface area contributed by atoms with Crippen molar-refractivity contribution in [2.24, 2.45) is 11.8 Å². The maximum absolute atomic E-state index is 12.3. The molecule has 0 spiro atoms. The van der Waals surface area contributed by atoms with Crippen LogP contribution in [0.3, 0.4) is 0 Å². The number of piperidine rings is 1. The lowest BCUT2D eigenvalue weighted by Crippen LogP contribution is -2.51. The lowest BCUT2D eigenvalue weighted by molar-refractivity contribution is -0.0446. The molecule has 2 N–H and O–H groups in total. The molecule has 2 rings (SSSR count). The number of ether oxygens (including phenoxy) is 1. The van der Waals surface area contributed by atoms with E-state index in [1.54, 1.807) is 7.11 Å². The molecule has 0 aromatic heterocycles. The zero-order chi connectivity index (χ0) is 16.2. The molecule has 1 saturated carbocycles. The van der Waals surface area contributed by atoms with E-state index in [9.17, 15) is 9.90 Å². The Labute approximate surface area is 134 Å². The Morgan fingerprint density at radius 1 is 1.32 bits per heavy atom. The van der Waals surface area contributed by atoms with E-state index in [1.807, 2.05) is 11.8 Å². The maximum atomic E-state index is 12.3. The molecule has 1 saturated heterocycles. The number of nitrogens with zero attached hydrogens (tertiary/aromatic N) is 1. The van der Waals surface area contributed by atoms with Crippen LogP contribution in [0.2, 0.25) is 0 Å². The van der Waals surface area contributed by atoms with Crippen molar-refractivity contribution >= 4 is 6.03 Å². The lowest BCUT2D eigenvalue weighted by atomic mass is 9.79. The van der Waals surface area contributed by atoms with E-state index in [4.69, 9.17) is 4.74 Å². The lowest BCUT2D eigenvalue weighted by Gasteiger charge is -2.39. The van der Waals surface area contributed by atoms with E-state index in [2.05, 4.69) is 12.2 Å². The van der Waals surface area contributed by atoms with Crippen LogP contribution in [0, 0.1) is 11.8 Å². The van der Waals surface area contributed by atoms with E-state index in [0.29, 0.717) is 12.5 Å². The average molecular weight is 312 g/mol. The summed E-state index contributed by atoms with van der Waals surface area (Å²) in [6.45, 7) is 6.19. The molecule has 22 heavy (non-hydrogen) atoms. The van der Waals surface area contributed by atoms with Gasteiger partial charge in [-0.25, -0.2) is 4.79 Å². The van der Waals surface area contributed by atoms with Gasteiger partial charge in [0.2, 0.25) is 0 Å². The number of hydrogen-bond donors (Lipinski definition) is 2. The fraction of sp³-hybridized carbons (Fsp3) is 0.941. The molecule has 0 bridgehead atoms. The van der Waals surface area contributed by atoms with E-state index in [0.717, 1.165) is 44.7 Å². The van der Waals surface area contributed by atoms with Crippen LogP contribution in [0.15, 0.2) is 0 Å². The Morgan fingerprint density at radius 2 is 1.91 bits per heavy atom. The smallest absolute Gasteiger partial charge is 0.317 e. The summed E-state index contributed by atoms with van der Waals surface area (Å²) in [6, 6.07) is 0.0130. The Balaban J connectivity index is 1.77. The number of carbonyl (C=O) groups excluding carboxylic acids is 1. The summed E-state index contributed by atoms with van der Waals surface area (Å²) >= 11 is 0. The van der Waals surface area contributed by atoms with Crippen LogP contribution in [-0.2, 0) is 4.74 Å². The number of urea groups is 1. The summed E-state index contributed by atoms with van der Waals surface area (Å²) in [6.07, 6.45) is 5.89. The number of aliphatic hydroxyl groups excluding tert-OH is 1. The predicted molar refractivity (Wildman–Crippen MR) is 86.7 cm³/mol. The second kappa shape index (κ2) is 7.64. The van der Waals surface area contributed by atoms with Crippen molar-refractivity contribution in [2.75, 3.05) is 26.7 Å². The zero-order valence-corrected chi connectivity index (χ0v) is 14.3. The van der Waals surface area contributed by atoms with E-state index in [1.165, 1.54) is 12.8 Å². The van der Waals surface area contributed by atoms with Gasteiger partial charge in [0.15, 0.2) is 0 Å². The molecule has 2 fully saturated rings. The monoisotopic (exact) mass is 312 g/mol. The van der Waals surface area contributed by atoms with Crippen LogP contribution in [-0.4, -0.2) is 54.5 Å². The SMILES string of the molecule is COC1(CNC(=O)N2CCC(C(C)O)CC2)CCC(C)CC1. The van der Waals surface area contributed by atoms with Gasteiger partial charge in [-0.3, -0.25) is 0 Å². The first-order valence-electron chi connectivity index (χ1n) is 8.72. The van der Waals surface area contributed by atoms with Crippen LogP contribution in [0.1, 0.15) is 52.4 Å². The number of methoxy groups -OCH3 is 1. The highest BCUT2D eigenvalue weighted by atomic mass is 16.5. The van der Waals surface area contributed by atoms with Crippen molar-refractivity contribution in [3.8, 4) is 0 Å². The van der Waals surface area contributed by atoms with Gasteiger partial charge in [-0.2, -0.15) is 0 Å². The highest BCUT2D eigenvalue weighted by molar-refractivity contribution is 5.74. The molecule has 2 amide bonds. The molecule has 1 atom stereocenters. The third-order valence-corrected chi connectivity index (χ3v) is 5.69. The number of carbonyl (C=O) groups is 1. The van der Waals surface area contributed by atoms with Crippen molar-refractivity contribution in [1.29, 1.82) is 0 Å². The van der Waals surface area contributed by atoms with Crippen molar-refractivity contribution in [1.82, 2.24) is 10.2 Å². The van der Waals surface area contributed by atoms with E-state index < -0.39 is 0 Å². The number of rotatable bonds is 4. The van der Waals surface area contributed by atoms with Crippen LogP contribution < -0.4 is 5.32 Å². The third kappa shape index (κ3) is 4.35. The molecule has 2 aliphatic rings. The summed E-state index contributed by atoms with van der Waals surface area (Å²) in [5.74, 6) is 1.09. The average Bonchev–Trinajstić information content (AvgIpc) is 2.54. The minimum atomic E-state index is -0.272. The predicted octanol–water partition coefficient (Wildman–Crippen LogP) is 2.38. The molecular formula is C17H32N2O3. The van der Waals surface area contributed by atoms with Crippen molar-refractivity contribution in [3.63, 3.8) is 0 Å². The van der Waals surface area contributed by atoms with Crippen molar-refractivity contribution in [2.45, 2.75) is 64.1 Å². The van der Waals surface area contributed by atoms with Crippen molar-refractivity contribution in [3.05, 3.63) is 0 Å². The first-order valence-corrected chi connectivity index (χ1v) is 8.72. The van der Waals surface area contributed by atoms with Crippen LogP contribution in [0.25, 0.3) is 0 Å². The first-order chi connectivity index (χ1) is 10.5. The molecular weight excluding hydrogens is 280 g/mol. The van der Waals surface area contributed by atoms with Crippen molar-refractivity contribution < 1.29 is 14.6 Å². The van der Waals surface area contributed by atoms with Gasteiger partial charge in [-0.15, -0.1) is 0 Å². The van der Waals surface area contributed by atoms with Gasteiger partial charge >= 0.3 is 6.03 Å². The van der Waals surface area contributed by atoms with Gasteiger partial charge in [-0.1, -0.05) is 6.92 Å². The fourth-order valence-electron chi connectivity index (χ4n) is 3.67. The number of amides is 2. The van der Waals surface area contributed by atoms with Gasteiger partial charge in [0.05, 0.1) is 11.7 Å². The highest BCUT2D eigenvalue weighted by Crippen LogP contribution is 2.33. The molecule has 1 unspecified atom stereocenters. The van der Waals surface area contributed by atoms with Gasteiger partial charge in [0, 0.05) is 26.7 Å².